The van der Waals surface area contributed by atoms with Gasteiger partial charge < -0.3 is 14.2 Å². The van der Waals surface area contributed by atoms with E-state index in [1.165, 1.54) is 11.8 Å². The van der Waals surface area contributed by atoms with Crippen LogP contribution in [-0.4, -0.2) is 41.7 Å². The average molecular weight is 609 g/mol. The highest BCUT2D eigenvalue weighted by atomic mass is 79.9. The molecule has 0 aliphatic rings. The second-order valence-electron chi connectivity index (χ2n) is 7.70. The predicted molar refractivity (Wildman–Crippen MR) is 143 cm³/mol. The molecule has 0 amide bonds. The summed E-state index contributed by atoms with van der Waals surface area (Å²) in [7, 11) is 1.50. The zero-order chi connectivity index (χ0) is 25.5. The summed E-state index contributed by atoms with van der Waals surface area (Å²) < 4.78 is 19.0. The molecule has 10 heteroatoms. The van der Waals surface area contributed by atoms with Crippen molar-refractivity contribution in [3.05, 3.63) is 61.0 Å². The molecule has 0 fully saturated rings. The van der Waals surface area contributed by atoms with Gasteiger partial charge in [0.25, 0.3) is 5.56 Å². The first-order chi connectivity index (χ1) is 16.8. The molecular weight excluding hydrogens is 582 g/mol. The molecule has 0 bridgehead atoms. The van der Waals surface area contributed by atoms with E-state index in [1.54, 1.807) is 38.3 Å². The van der Waals surface area contributed by atoms with E-state index in [4.69, 9.17) is 14.2 Å². The van der Waals surface area contributed by atoms with Crippen molar-refractivity contribution in [1.82, 2.24) is 9.66 Å². The second kappa shape index (κ2) is 12.3. The number of hydrogen-bond donors (Lipinski definition) is 0. The largest absolute Gasteiger partial charge is 0.493 e. The number of nitrogens with zero attached hydrogens (tertiary/aromatic N) is 3. The minimum atomic E-state index is -0.817. The van der Waals surface area contributed by atoms with Crippen LogP contribution in [0.15, 0.2) is 49.2 Å². The molecule has 1 aromatic heterocycles. The lowest BCUT2D eigenvalue weighted by atomic mass is 10.2. The van der Waals surface area contributed by atoms with Crippen molar-refractivity contribution in [2.45, 2.75) is 46.1 Å². The maximum Gasteiger partial charge on any atom is 0.347 e. The number of carbonyl (C=O) groups excluding carboxylic acids is 1. The Morgan fingerprint density at radius 1 is 1.23 bits per heavy atom. The van der Waals surface area contributed by atoms with Crippen LogP contribution in [0.25, 0.3) is 10.9 Å². The minimum Gasteiger partial charge on any atom is -0.493 e. The Balaban J connectivity index is 2.00. The summed E-state index contributed by atoms with van der Waals surface area (Å²) >= 11 is 6.90. The quantitative estimate of drug-likeness (QED) is 0.223. The van der Waals surface area contributed by atoms with E-state index in [0.29, 0.717) is 44.7 Å². The van der Waals surface area contributed by atoms with Gasteiger partial charge in [-0.05, 0) is 72.1 Å². The molecule has 35 heavy (non-hydrogen) atoms. The van der Waals surface area contributed by atoms with Gasteiger partial charge in [-0.25, -0.2) is 9.78 Å². The number of ether oxygens (including phenoxy) is 3. The van der Waals surface area contributed by atoms with E-state index in [2.05, 4.69) is 48.9 Å². The van der Waals surface area contributed by atoms with Gasteiger partial charge in [0, 0.05) is 10.9 Å². The number of esters is 1. The second-order valence-corrected chi connectivity index (χ2v) is 9.47. The van der Waals surface area contributed by atoms with Gasteiger partial charge in [-0.3, -0.25) is 4.79 Å². The number of aryl methyl sites for hydroxylation is 1. The van der Waals surface area contributed by atoms with Crippen LogP contribution in [0.1, 0.15) is 45.0 Å². The number of fused-ring (bicyclic) bond motifs is 1. The fourth-order valence-electron chi connectivity index (χ4n) is 3.35. The number of hydrogen-bond acceptors (Lipinski definition) is 7. The lowest BCUT2D eigenvalue weighted by molar-refractivity contribution is -0.150. The molecule has 2 aromatic carbocycles. The number of methoxy groups -OCH3 is 1. The molecule has 0 saturated heterocycles. The van der Waals surface area contributed by atoms with Crippen molar-refractivity contribution in [2.24, 2.45) is 5.10 Å². The van der Waals surface area contributed by atoms with Crippen LogP contribution in [0.5, 0.6) is 11.5 Å². The first-order valence-corrected chi connectivity index (χ1v) is 12.8. The highest BCUT2D eigenvalue weighted by Crippen LogP contribution is 2.37. The fraction of sp³-hybridized carbons (Fsp3) is 0.360. The molecule has 186 valence electrons. The molecule has 1 atom stereocenters. The number of benzene rings is 2. The molecular formula is C25H27Br2N3O5. The lowest BCUT2D eigenvalue weighted by Crippen LogP contribution is -2.26. The van der Waals surface area contributed by atoms with Gasteiger partial charge >= 0.3 is 5.97 Å². The van der Waals surface area contributed by atoms with Gasteiger partial charge in [-0.2, -0.15) is 9.78 Å². The Morgan fingerprint density at radius 2 is 2.00 bits per heavy atom. The Hall–Kier alpha value is -2.72. The SMILES string of the molecule is CCCCc1nc2ccc(Br)cc2c(=O)n1N=Cc1cc(Br)c(O[C@@H](C)C(=O)OCC)c(OC)c1. The van der Waals surface area contributed by atoms with Gasteiger partial charge in [0.1, 0.15) is 5.82 Å². The van der Waals surface area contributed by atoms with Crippen LogP contribution in [0.4, 0.5) is 0 Å². The Kier molecular flexibility index (Phi) is 9.45. The van der Waals surface area contributed by atoms with Crippen molar-refractivity contribution < 1.29 is 19.0 Å². The van der Waals surface area contributed by atoms with Gasteiger partial charge in [0.05, 0.1) is 35.3 Å². The number of carbonyl (C=O) groups is 1. The molecule has 0 spiro atoms. The number of aromatic nitrogens is 2. The predicted octanol–water partition coefficient (Wildman–Crippen LogP) is 5.49. The van der Waals surface area contributed by atoms with Crippen LogP contribution in [-0.2, 0) is 16.0 Å². The van der Waals surface area contributed by atoms with Crippen LogP contribution in [0, 0.1) is 0 Å². The van der Waals surface area contributed by atoms with E-state index in [9.17, 15) is 9.59 Å². The van der Waals surface area contributed by atoms with Crippen LogP contribution >= 0.6 is 31.9 Å². The third-order valence-electron chi connectivity index (χ3n) is 5.12. The molecule has 0 saturated carbocycles. The molecule has 0 unspecified atom stereocenters. The molecule has 0 aliphatic heterocycles. The summed E-state index contributed by atoms with van der Waals surface area (Å²) in [5, 5.41) is 4.96. The topological polar surface area (TPSA) is 92.0 Å². The first-order valence-electron chi connectivity index (χ1n) is 11.2. The summed E-state index contributed by atoms with van der Waals surface area (Å²) in [6, 6.07) is 8.91. The highest BCUT2D eigenvalue weighted by Gasteiger charge is 2.20. The van der Waals surface area contributed by atoms with Gasteiger partial charge in [-0.1, -0.05) is 29.3 Å². The standard InChI is InChI=1S/C25H27Br2N3O5/c1-5-7-8-22-29-20-10-9-17(26)13-18(20)24(31)30(22)28-14-16-11-19(27)23(21(12-16)33-4)35-15(3)25(32)34-6-2/h9-15H,5-8H2,1-4H3/t15-/m0/s1. The zero-order valence-electron chi connectivity index (χ0n) is 20.0. The normalized spacial score (nSPS) is 12.2. The van der Waals surface area contributed by atoms with Crippen molar-refractivity contribution in [2.75, 3.05) is 13.7 Å². The van der Waals surface area contributed by atoms with Crippen LogP contribution in [0.3, 0.4) is 0 Å². The molecule has 3 rings (SSSR count). The van der Waals surface area contributed by atoms with Crippen molar-refractivity contribution in [3.8, 4) is 11.5 Å². The van der Waals surface area contributed by atoms with E-state index in [0.717, 1.165) is 17.3 Å². The van der Waals surface area contributed by atoms with E-state index in [1.807, 2.05) is 12.1 Å². The van der Waals surface area contributed by atoms with E-state index in [-0.39, 0.29) is 12.2 Å². The summed E-state index contributed by atoms with van der Waals surface area (Å²) in [6.07, 6.45) is 3.22. The molecule has 0 radical (unpaired) electrons. The lowest BCUT2D eigenvalue weighted by Gasteiger charge is -2.17. The van der Waals surface area contributed by atoms with Crippen molar-refractivity contribution >= 4 is 54.9 Å². The van der Waals surface area contributed by atoms with Gasteiger partial charge in [0.2, 0.25) is 0 Å². The molecule has 1 heterocycles. The number of unbranched alkanes of at least 4 members (excludes halogenated alkanes) is 1. The first kappa shape index (κ1) is 26.9. The van der Waals surface area contributed by atoms with E-state index < -0.39 is 12.1 Å². The smallest absolute Gasteiger partial charge is 0.347 e. The third-order valence-corrected chi connectivity index (χ3v) is 6.20. The van der Waals surface area contributed by atoms with Gasteiger partial charge in [-0.15, -0.1) is 0 Å². The number of rotatable bonds is 10. The van der Waals surface area contributed by atoms with Crippen molar-refractivity contribution in [1.29, 1.82) is 0 Å². The Morgan fingerprint density at radius 3 is 2.69 bits per heavy atom. The summed E-state index contributed by atoms with van der Waals surface area (Å²) in [4.78, 5) is 29.9. The van der Waals surface area contributed by atoms with Crippen molar-refractivity contribution in [3.63, 3.8) is 0 Å². The fourth-order valence-corrected chi connectivity index (χ4v) is 4.26. The molecule has 8 nitrogen and oxygen atoms in total. The van der Waals surface area contributed by atoms with Gasteiger partial charge in [0.15, 0.2) is 17.6 Å². The zero-order valence-corrected chi connectivity index (χ0v) is 23.2. The Bertz CT molecular complexity index is 1310. The maximum absolute atomic E-state index is 13.3. The summed E-state index contributed by atoms with van der Waals surface area (Å²) in [5.41, 5.74) is 1.05. The molecule has 3 aromatic rings. The Labute approximate surface area is 220 Å². The molecule has 0 N–H and O–H groups in total. The highest BCUT2D eigenvalue weighted by molar-refractivity contribution is 9.10. The van der Waals surface area contributed by atoms with Crippen LogP contribution in [0.2, 0.25) is 0 Å². The monoisotopic (exact) mass is 607 g/mol. The third kappa shape index (κ3) is 6.49. The van der Waals surface area contributed by atoms with E-state index >= 15 is 0 Å². The maximum atomic E-state index is 13.3. The summed E-state index contributed by atoms with van der Waals surface area (Å²) in [6.45, 7) is 5.69. The minimum absolute atomic E-state index is 0.243. The molecule has 0 aliphatic carbocycles. The average Bonchev–Trinajstić information content (AvgIpc) is 2.84. The summed E-state index contributed by atoms with van der Waals surface area (Å²) in [5.74, 6) is 0.887. The van der Waals surface area contributed by atoms with Crippen LogP contribution < -0.4 is 15.0 Å². The number of halogens is 2.